The number of ether oxygens (including phenoxy) is 1. The van der Waals surface area contributed by atoms with Crippen LogP contribution >= 0.6 is 11.6 Å². The lowest BCUT2D eigenvalue weighted by Crippen LogP contribution is -1.87. The second kappa shape index (κ2) is 4.72. The molecular formula is C13H9ClF2O. The van der Waals surface area contributed by atoms with Gasteiger partial charge in [-0.25, -0.2) is 8.78 Å². The molecule has 0 aromatic heterocycles. The smallest absolute Gasteiger partial charge is 0.159 e. The summed E-state index contributed by atoms with van der Waals surface area (Å²) in [6.45, 7) is 0. The quantitative estimate of drug-likeness (QED) is 0.777. The second-order valence-corrected chi connectivity index (χ2v) is 3.89. The highest BCUT2D eigenvalue weighted by atomic mass is 35.5. The van der Waals surface area contributed by atoms with Gasteiger partial charge in [0.1, 0.15) is 5.75 Å². The maximum Gasteiger partial charge on any atom is 0.159 e. The standard InChI is InChI=1S/C13H9ClF2O/c1-17-13-5-3-8(6-10(13)14)9-2-4-11(15)12(16)7-9/h2-7H,1H3. The fraction of sp³-hybridized carbons (Fsp3) is 0.0769. The number of halogens is 3. The zero-order chi connectivity index (χ0) is 12.4. The molecule has 0 aliphatic rings. The molecule has 0 aliphatic heterocycles. The van der Waals surface area contributed by atoms with Gasteiger partial charge in [-0.15, -0.1) is 0 Å². The zero-order valence-corrected chi connectivity index (χ0v) is 9.76. The molecule has 4 heteroatoms. The molecule has 0 fully saturated rings. The Balaban J connectivity index is 2.46. The SMILES string of the molecule is COc1ccc(-c2ccc(F)c(F)c2)cc1Cl. The van der Waals surface area contributed by atoms with Crippen molar-refractivity contribution in [2.24, 2.45) is 0 Å². The van der Waals surface area contributed by atoms with E-state index in [1.54, 1.807) is 18.2 Å². The summed E-state index contributed by atoms with van der Waals surface area (Å²) in [6, 6.07) is 8.77. The first kappa shape index (κ1) is 11.9. The van der Waals surface area contributed by atoms with E-state index in [0.29, 0.717) is 21.9 Å². The van der Waals surface area contributed by atoms with Gasteiger partial charge in [-0.3, -0.25) is 0 Å². The van der Waals surface area contributed by atoms with Crippen molar-refractivity contribution < 1.29 is 13.5 Å². The van der Waals surface area contributed by atoms with E-state index < -0.39 is 11.6 Å². The Morgan fingerprint density at radius 3 is 2.18 bits per heavy atom. The minimum atomic E-state index is -0.880. The topological polar surface area (TPSA) is 9.23 Å². The summed E-state index contributed by atoms with van der Waals surface area (Å²) in [7, 11) is 1.51. The van der Waals surface area contributed by atoms with E-state index in [-0.39, 0.29) is 0 Å². The fourth-order valence-corrected chi connectivity index (χ4v) is 1.78. The third kappa shape index (κ3) is 2.39. The van der Waals surface area contributed by atoms with Gasteiger partial charge in [-0.05, 0) is 35.4 Å². The summed E-state index contributed by atoms with van der Waals surface area (Å²) in [5.41, 5.74) is 1.27. The Labute approximate surface area is 103 Å². The number of hydrogen-bond donors (Lipinski definition) is 0. The number of hydrogen-bond acceptors (Lipinski definition) is 1. The Bertz CT molecular complexity index is 555. The van der Waals surface area contributed by atoms with Crippen molar-refractivity contribution in [3.8, 4) is 16.9 Å². The molecule has 0 spiro atoms. The third-order valence-corrected chi connectivity index (χ3v) is 2.70. The van der Waals surface area contributed by atoms with Gasteiger partial charge in [0.25, 0.3) is 0 Å². The first-order valence-corrected chi connectivity index (χ1v) is 5.28. The Morgan fingerprint density at radius 2 is 1.59 bits per heavy atom. The van der Waals surface area contributed by atoms with Crippen LogP contribution in [0.25, 0.3) is 11.1 Å². The van der Waals surface area contributed by atoms with Gasteiger partial charge in [-0.1, -0.05) is 23.7 Å². The van der Waals surface area contributed by atoms with E-state index in [1.807, 2.05) is 0 Å². The van der Waals surface area contributed by atoms with Gasteiger partial charge in [0.2, 0.25) is 0 Å². The van der Waals surface area contributed by atoms with E-state index in [0.717, 1.165) is 12.1 Å². The van der Waals surface area contributed by atoms with Crippen LogP contribution < -0.4 is 4.74 Å². The molecule has 1 nitrogen and oxygen atoms in total. The Morgan fingerprint density at radius 1 is 0.941 bits per heavy atom. The van der Waals surface area contributed by atoms with Gasteiger partial charge < -0.3 is 4.74 Å². The van der Waals surface area contributed by atoms with Gasteiger partial charge in [0.15, 0.2) is 11.6 Å². The lowest BCUT2D eigenvalue weighted by Gasteiger charge is -2.06. The summed E-state index contributed by atoms with van der Waals surface area (Å²) in [6.07, 6.45) is 0. The average molecular weight is 255 g/mol. The predicted octanol–water partition coefficient (Wildman–Crippen LogP) is 4.29. The number of benzene rings is 2. The zero-order valence-electron chi connectivity index (χ0n) is 9.01. The van der Waals surface area contributed by atoms with Crippen LogP contribution in [0.4, 0.5) is 8.78 Å². The molecule has 2 aromatic carbocycles. The maximum absolute atomic E-state index is 13.1. The van der Waals surface area contributed by atoms with Crippen LogP contribution in [0.15, 0.2) is 36.4 Å². The molecule has 0 heterocycles. The molecule has 0 unspecified atom stereocenters. The number of methoxy groups -OCH3 is 1. The normalized spacial score (nSPS) is 10.4. The largest absolute Gasteiger partial charge is 0.495 e. The van der Waals surface area contributed by atoms with Crippen molar-refractivity contribution in [2.75, 3.05) is 7.11 Å². The average Bonchev–Trinajstić information content (AvgIpc) is 2.32. The van der Waals surface area contributed by atoms with Crippen LogP contribution in [-0.4, -0.2) is 7.11 Å². The molecule has 0 amide bonds. The molecule has 0 saturated heterocycles. The minimum Gasteiger partial charge on any atom is -0.495 e. The van der Waals surface area contributed by atoms with Crippen molar-refractivity contribution in [3.05, 3.63) is 53.1 Å². The summed E-state index contributed by atoms with van der Waals surface area (Å²) in [5.74, 6) is -1.21. The molecule has 0 N–H and O–H groups in total. The lowest BCUT2D eigenvalue weighted by atomic mass is 10.1. The van der Waals surface area contributed by atoms with Gasteiger partial charge in [0.05, 0.1) is 12.1 Å². The Kier molecular flexibility index (Phi) is 3.29. The summed E-state index contributed by atoms with van der Waals surface area (Å²) < 4.78 is 30.9. The van der Waals surface area contributed by atoms with E-state index >= 15 is 0 Å². The van der Waals surface area contributed by atoms with Crippen LogP contribution in [-0.2, 0) is 0 Å². The summed E-state index contributed by atoms with van der Waals surface area (Å²) in [5, 5.41) is 0.426. The van der Waals surface area contributed by atoms with Crippen molar-refractivity contribution in [1.82, 2.24) is 0 Å². The van der Waals surface area contributed by atoms with Crippen molar-refractivity contribution in [1.29, 1.82) is 0 Å². The highest BCUT2D eigenvalue weighted by Gasteiger charge is 2.07. The highest BCUT2D eigenvalue weighted by molar-refractivity contribution is 6.32. The molecule has 17 heavy (non-hydrogen) atoms. The van der Waals surface area contributed by atoms with Crippen molar-refractivity contribution in [2.45, 2.75) is 0 Å². The van der Waals surface area contributed by atoms with E-state index in [4.69, 9.17) is 16.3 Å². The molecule has 0 saturated carbocycles. The first-order chi connectivity index (χ1) is 8.11. The third-order valence-electron chi connectivity index (χ3n) is 2.40. The molecule has 2 rings (SSSR count). The van der Waals surface area contributed by atoms with Crippen LogP contribution in [0.5, 0.6) is 5.75 Å². The van der Waals surface area contributed by atoms with Crippen molar-refractivity contribution in [3.63, 3.8) is 0 Å². The van der Waals surface area contributed by atoms with Crippen LogP contribution in [0.2, 0.25) is 5.02 Å². The van der Waals surface area contributed by atoms with E-state index in [2.05, 4.69) is 0 Å². The molecule has 0 atom stereocenters. The first-order valence-electron chi connectivity index (χ1n) is 4.91. The van der Waals surface area contributed by atoms with Gasteiger partial charge >= 0.3 is 0 Å². The molecule has 0 bridgehead atoms. The molecule has 2 aromatic rings. The molecule has 0 radical (unpaired) electrons. The van der Waals surface area contributed by atoms with Gasteiger partial charge in [-0.2, -0.15) is 0 Å². The summed E-state index contributed by atoms with van der Waals surface area (Å²) in [4.78, 5) is 0. The lowest BCUT2D eigenvalue weighted by molar-refractivity contribution is 0.415. The predicted molar refractivity (Wildman–Crippen MR) is 63.4 cm³/mol. The second-order valence-electron chi connectivity index (χ2n) is 3.48. The Hall–Kier alpha value is -1.61. The van der Waals surface area contributed by atoms with Gasteiger partial charge in [0, 0.05) is 0 Å². The van der Waals surface area contributed by atoms with E-state index in [1.165, 1.54) is 13.2 Å². The van der Waals surface area contributed by atoms with Crippen LogP contribution in [0.1, 0.15) is 0 Å². The van der Waals surface area contributed by atoms with Crippen LogP contribution in [0.3, 0.4) is 0 Å². The molecule has 0 aliphatic carbocycles. The number of rotatable bonds is 2. The summed E-state index contributed by atoms with van der Waals surface area (Å²) >= 11 is 5.96. The molecular weight excluding hydrogens is 246 g/mol. The monoisotopic (exact) mass is 254 g/mol. The maximum atomic E-state index is 13.1. The highest BCUT2D eigenvalue weighted by Crippen LogP contribution is 2.30. The fourth-order valence-electron chi connectivity index (χ4n) is 1.52. The van der Waals surface area contributed by atoms with Crippen molar-refractivity contribution >= 4 is 11.6 Å². The van der Waals surface area contributed by atoms with Crippen LogP contribution in [0, 0.1) is 11.6 Å². The minimum absolute atomic E-state index is 0.426. The molecule has 88 valence electrons. The van der Waals surface area contributed by atoms with E-state index in [9.17, 15) is 8.78 Å².